The molecule has 2 aromatic heterocycles. The second-order valence-electron chi connectivity index (χ2n) is 4.70. The zero-order valence-electron chi connectivity index (χ0n) is 11.1. The van der Waals surface area contributed by atoms with Gasteiger partial charge in [-0.05, 0) is 19.1 Å². The molecule has 0 unspecified atom stereocenters. The third-order valence-electron chi connectivity index (χ3n) is 3.45. The van der Waals surface area contributed by atoms with Crippen LogP contribution in [0.3, 0.4) is 0 Å². The summed E-state index contributed by atoms with van der Waals surface area (Å²) in [4.78, 5) is 15.3. The first-order chi connectivity index (χ1) is 9.15. The Bertz CT molecular complexity index is 614. The normalized spacial score (nSPS) is 16.1. The lowest BCUT2D eigenvalue weighted by molar-refractivity contribution is -0.129. The van der Waals surface area contributed by atoms with E-state index in [2.05, 4.69) is 20.2 Å². The summed E-state index contributed by atoms with van der Waals surface area (Å²) in [5.74, 6) is 1.82. The lowest BCUT2D eigenvalue weighted by Gasteiger charge is -2.34. The van der Waals surface area contributed by atoms with Crippen LogP contribution in [0.5, 0.6) is 0 Å². The van der Waals surface area contributed by atoms with Crippen molar-refractivity contribution in [1.82, 2.24) is 24.7 Å². The van der Waals surface area contributed by atoms with E-state index in [9.17, 15) is 4.79 Å². The maximum absolute atomic E-state index is 11.3. The molecule has 3 rings (SSSR count). The van der Waals surface area contributed by atoms with Crippen molar-refractivity contribution in [3.05, 3.63) is 18.0 Å². The van der Waals surface area contributed by atoms with Gasteiger partial charge in [-0.1, -0.05) is 0 Å². The lowest BCUT2D eigenvalue weighted by atomic mass is 10.3. The van der Waals surface area contributed by atoms with Gasteiger partial charge in [-0.2, -0.15) is 4.52 Å². The monoisotopic (exact) mass is 260 g/mol. The minimum Gasteiger partial charge on any atom is -0.352 e. The molecular weight excluding hydrogens is 244 g/mol. The predicted octanol–water partition coefficient (Wildman–Crippen LogP) is 0.101. The van der Waals surface area contributed by atoms with E-state index in [0.717, 1.165) is 43.5 Å². The zero-order valence-corrected chi connectivity index (χ0v) is 11.1. The van der Waals surface area contributed by atoms with Crippen molar-refractivity contribution in [2.75, 3.05) is 31.1 Å². The molecule has 1 saturated heterocycles. The highest BCUT2D eigenvalue weighted by Crippen LogP contribution is 2.14. The summed E-state index contributed by atoms with van der Waals surface area (Å²) in [6.45, 7) is 6.59. The van der Waals surface area contributed by atoms with E-state index < -0.39 is 0 Å². The number of carbonyl (C=O) groups is 1. The van der Waals surface area contributed by atoms with Crippen LogP contribution in [0, 0.1) is 6.92 Å². The third-order valence-corrected chi connectivity index (χ3v) is 3.45. The van der Waals surface area contributed by atoms with E-state index in [4.69, 9.17) is 0 Å². The number of piperazine rings is 1. The van der Waals surface area contributed by atoms with Crippen LogP contribution in [0.15, 0.2) is 12.1 Å². The SMILES string of the molecule is CC(=O)N1CCN(c2ccc3nnc(C)n3n2)CC1. The summed E-state index contributed by atoms with van der Waals surface area (Å²) < 4.78 is 1.74. The Kier molecular flexibility index (Phi) is 2.81. The molecule has 1 aliphatic heterocycles. The van der Waals surface area contributed by atoms with Gasteiger partial charge in [0.15, 0.2) is 11.5 Å². The summed E-state index contributed by atoms with van der Waals surface area (Å²) >= 11 is 0. The van der Waals surface area contributed by atoms with Crippen LogP contribution in [0.4, 0.5) is 5.82 Å². The van der Waals surface area contributed by atoms with E-state index in [-0.39, 0.29) is 5.91 Å². The van der Waals surface area contributed by atoms with Crippen molar-refractivity contribution >= 4 is 17.4 Å². The van der Waals surface area contributed by atoms with Crippen LogP contribution in [-0.4, -0.2) is 56.8 Å². The van der Waals surface area contributed by atoms with Crippen molar-refractivity contribution < 1.29 is 4.79 Å². The Labute approximate surface area is 110 Å². The lowest BCUT2D eigenvalue weighted by Crippen LogP contribution is -2.48. The molecule has 0 radical (unpaired) electrons. The number of anilines is 1. The maximum Gasteiger partial charge on any atom is 0.219 e. The summed E-state index contributed by atoms with van der Waals surface area (Å²) in [7, 11) is 0. The fraction of sp³-hybridized carbons (Fsp3) is 0.500. The molecule has 0 saturated carbocycles. The molecule has 1 aliphatic rings. The number of fused-ring (bicyclic) bond motifs is 1. The molecule has 100 valence electrons. The van der Waals surface area contributed by atoms with Gasteiger partial charge in [0.2, 0.25) is 5.91 Å². The van der Waals surface area contributed by atoms with Crippen molar-refractivity contribution in [3.63, 3.8) is 0 Å². The van der Waals surface area contributed by atoms with E-state index in [1.165, 1.54) is 0 Å². The number of hydrogen-bond donors (Lipinski definition) is 0. The van der Waals surface area contributed by atoms with Crippen LogP contribution in [0.1, 0.15) is 12.7 Å². The Hall–Kier alpha value is -2.18. The number of rotatable bonds is 1. The van der Waals surface area contributed by atoms with Crippen LogP contribution in [0.25, 0.3) is 5.65 Å². The van der Waals surface area contributed by atoms with Gasteiger partial charge >= 0.3 is 0 Å². The molecule has 0 bridgehead atoms. The molecule has 1 amide bonds. The number of carbonyl (C=O) groups excluding carboxylic acids is 1. The van der Waals surface area contributed by atoms with Crippen molar-refractivity contribution in [1.29, 1.82) is 0 Å². The minimum absolute atomic E-state index is 0.137. The number of hydrogen-bond acceptors (Lipinski definition) is 5. The molecular formula is C12H16N6O. The molecule has 0 aromatic carbocycles. The Balaban J connectivity index is 1.81. The molecule has 3 heterocycles. The largest absolute Gasteiger partial charge is 0.352 e. The van der Waals surface area contributed by atoms with E-state index in [1.54, 1.807) is 11.4 Å². The smallest absolute Gasteiger partial charge is 0.219 e. The fourth-order valence-electron chi connectivity index (χ4n) is 2.31. The summed E-state index contributed by atoms with van der Waals surface area (Å²) in [5, 5.41) is 12.6. The molecule has 19 heavy (non-hydrogen) atoms. The van der Waals surface area contributed by atoms with Crippen LogP contribution < -0.4 is 4.90 Å². The standard InChI is InChI=1S/C12H16N6O/c1-9-13-14-11-3-4-12(15-18(9)11)17-7-5-16(6-8-17)10(2)19/h3-4H,5-8H2,1-2H3. The van der Waals surface area contributed by atoms with Crippen molar-refractivity contribution in [3.8, 4) is 0 Å². The Morgan fingerprint density at radius 1 is 1.16 bits per heavy atom. The maximum atomic E-state index is 11.3. The fourth-order valence-corrected chi connectivity index (χ4v) is 2.31. The van der Waals surface area contributed by atoms with Crippen molar-refractivity contribution in [2.24, 2.45) is 0 Å². The molecule has 0 N–H and O–H groups in total. The van der Waals surface area contributed by atoms with Gasteiger partial charge in [0, 0.05) is 33.1 Å². The van der Waals surface area contributed by atoms with Gasteiger partial charge in [-0.3, -0.25) is 4.79 Å². The highest BCUT2D eigenvalue weighted by molar-refractivity contribution is 5.73. The second kappa shape index (κ2) is 4.49. The summed E-state index contributed by atoms with van der Waals surface area (Å²) in [6, 6.07) is 3.87. The second-order valence-corrected chi connectivity index (χ2v) is 4.70. The molecule has 7 nitrogen and oxygen atoms in total. The van der Waals surface area contributed by atoms with E-state index in [1.807, 2.05) is 24.0 Å². The average molecular weight is 260 g/mol. The molecule has 7 heteroatoms. The Morgan fingerprint density at radius 2 is 1.89 bits per heavy atom. The summed E-state index contributed by atoms with van der Waals surface area (Å²) in [6.07, 6.45) is 0. The van der Waals surface area contributed by atoms with Gasteiger partial charge in [0.25, 0.3) is 0 Å². The molecule has 2 aromatic rings. The van der Waals surface area contributed by atoms with Gasteiger partial charge in [-0.25, -0.2) is 0 Å². The molecule has 0 aliphatic carbocycles. The topological polar surface area (TPSA) is 66.6 Å². The molecule has 0 spiro atoms. The number of nitrogens with zero attached hydrogens (tertiary/aromatic N) is 6. The predicted molar refractivity (Wildman–Crippen MR) is 70.0 cm³/mol. The van der Waals surface area contributed by atoms with E-state index in [0.29, 0.717) is 0 Å². The first-order valence-electron chi connectivity index (χ1n) is 6.34. The number of aryl methyl sites for hydroxylation is 1. The van der Waals surface area contributed by atoms with Gasteiger partial charge in [0.1, 0.15) is 5.82 Å². The van der Waals surface area contributed by atoms with Gasteiger partial charge < -0.3 is 9.80 Å². The highest BCUT2D eigenvalue weighted by atomic mass is 16.2. The number of aromatic nitrogens is 4. The number of amides is 1. The van der Waals surface area contributed by atoms with Gasteiger partial charge in [-0.15, -0.1) is 15.3 Å². The molecule has 0 atom stereocenters. The Morgan fingerprint density at radius 3 is 2.58 bits per heavy atom. The van der Waals surface area contributed by atoms with Crippen molar-refractivity contribution in [2.45, 2.75) is 13.8 Å². The van der Waals surface area contributed by atoms with Crippen LogP contribution in [0.2, 0.25) is 0 Å². The van der Waals surface area contributed by atoms with Gasteiger partial charge in [0.05, 0.1) is 0 Å². The van der Waals surface area contributed by atoms with Crippen LogP contribution >= 0.6 is 0 Å². The zero-order chi connectivity index (χ0) is 13.4. The highest BCUT2D eigenvalue weighted by Gasteiger charge is 2.20. The molecule has 1 fully saturated rings. The van der Waals surface area contributed by atoms with Crippen LogP contribution in [-0.2, 0) is 4.79 Å². The van der Waals surface area contributed by atoms with E-state index >= 15 is 0 Å². The quantitative estimate of drug-likeness (QED) is 0.727. The minimum atomic E-state index is 0.137. The first kappa shape index (κ1) is 11.9. The average Bonchev–Trinajstić information content (AvgIpc) is 2.80. The third kappa shape index (κ3) is 2.11. The summed E-state index contributed by atoms with van der Waals surface area (Å²) in [5.41, 5.74) is 0.753. The first-order valence-corrected chi connectivity index (χ1v) is 6.34.